The first kappa shape index (κ1) is 25.3. The number of hydrogen-bond donors (Lipinski definition) is 3. The van der Waals surface area contributed by atoms with Crippen molar-refractivity contribution in [2.45, 2.75) is 51.2 Å². The van der Waals surface area contributed by atoms with Gasteiger partial charge in [0.15, 0.2) is 5.58 Å². The van der Waals surface area contributed by atoms with Crippen LogP contribution < -0.4 is 16.8 Å². The van der Waals surface area contributed by atoms with E-state index in [2.05, 4.69) is 22.2 Å². The zero-order valence-electron chi connectivity index (χ0n) is 20.3. The molecule has 2 saturated heterocycles. The van der Waals surface area contributed by atoms with Gasteiger partial charge in [-0.15, -0.1) is 0 Å². The Morgan fingerprint density at radius 1 is 1.23 bits per heavy atom. The number of likely N-dealkylation sites (tertiary alicyclic amines) is 2. The number of fused-ring (bicyclic) bond motifs is 1. The van der Waals surface area contributed by atoms with E-state index in [1.165, 1.54) is 0 Å². The summed E-state index contributed by atoms with van der Waals surface area (Å²) >= 11 is 0. The Morgan fingerprint density at radius 3 is 2.57 bits per heavy atom. The lowest BCUT2D eigenvalue weighted by atomic mass is 9.90. The number of furan rings is 1. The van der Waals surface area contributed by atoms with Gasteiger partial charge in [-0.2, -0.15) is 13.2 Å². The number of pyridine rings is 1. The molecule has 0 radical (unpaired) electrons. The molecule has 4 rings (SSSR count). The van der Waals surface area contributed by atoms with Gasteiger partial charge >= 0.3 is 6.18 Å². The van der Waals surface area contributed by atoms with Gasteiger partial charge in [0.2, 0.25) is 5.88 Å². The van der Waals surface area contributed by atoms with E-state index >= 15 is 0 Å². The Labute approximate surface area is 202 Å². The molecular formula is C24H33F3N6O2. The molecule has 2 unspecified atom stereocenters. The molecular weight excluding hydrogens is 461 g/mol. The van der Waals surface area contributed by atoms with E-state index in [-0.39, 0.29) is 31.0 Å². The van der Waals surface area contributed by atoms with Crippen molar-refractivity contribution in [2.75, 3.05) is 39.0 Å². The molecule has 11 heteroatoms. The lowest BCUT2D eigenvalue weighted by Gasteiger charge is -2.39. The fourth-order valence-corrected chi connectivity index (χ4v) is 5.01. The smallest absolute Gasteiger partial charge is 0.393 e. The first-order chi connectivity index (χ1) is 16.4. The van der Waals surface area contributed by atoms with Crippen LogP contribution in [0, 0.1) is 5.92 Å². The van der Waals surface area contributed by atoms with Crippen molar-refractivity contribution < 1.29 is 22.4 Å². The Balaban J connectivity index is 1.52. The van der Waals surface area contributed by atoms with Gasteiger partial charge in [0.25, 0.3) is 5.91 Å². The number of carbonyl (C=O) groups is 1. The third kappa shape index (κ3) is 5.40. The normalized spacial score (nSPS) is 23.5. The zero-order chi connectivity index (χ0) is 25.5. The van der Waals surface area contributed by atoms with Gasteiger partial charge in [0.1, 0.15) is 11.1 Å². The highest BCUT2D eigenvalue weighted by atomic mass is 19.4. The van der Waals surface area contributed by atoms with Crippen molar-refractivity contribution in [2.24, 2.45) is 11.7 Å². The third-order valence-electron chi connectivity index (χ3n) is 7.26. The summed E-state index contributed by atoms with van der Waals surface area (Å²) in [6.07, 6.45) is -0.626. The molecule has 0 spiro atoms. The quantitative estimate of drug-likeness (QED) is 0.597. The van der Waals surface area contributed by atoms with Gasteiger partial charge < -0.3 is 31.0 Å². The highest BCUT2D eigenvalue weighted by molar-refractivity contribution is 6.09. The van der Waals surface area contributed by atoms with E-state index in [0.29, 0.717) is 28.4 Å². The molecule has 5 N–H and O–H groups in total. The molecule has 8 nitrogen and oxygen atoms in total. The van der Waals surface area contributed by atoms with Gasteiger partial charge in [-0.05, 0) is 70.8 Å². The van der Waals surface area contributed by atoms with Crippen LogP contribution in [0.3, 0.4) is 0 Å². The highest BCUT2D eigenvalue weighted by Gasteiger charge is 2.44. The molecule has 1 amide bonds. The van der Waals surface area contributed by atoms with Gasteiger partial charge in [-0.3, -0.25) is 9.78 Å². The van der Waals surface area contributed by atoms with Gasteiger partial charge in [0.05, 0.1) is 5.92 Å². The Morgan fingerprint density at radius 2 is 1.91 bits per heavy atom. The number of nitrogen functional groups attached to an aromatic ring is 1. The monoisotopic (exact) mass is 494 g/mol. The Bertz CT molecular complexity index is 1120. The predicted molar refractivity (Wildman–Crippen MR) is 127 cm³/mol. The van der Waals surface area contributed by atoms with Crippen LogP contribution in [0.1, 0.15) is 54.9 Å². The molecule has 2 aliphatic rings. The van der Waals surface area contributed by atoms with E-state index in [1.807, 2.05) is 6.07 Å². The number of aromatic nitrogens is 1. The van der Waals surface area contributed by atoms with Crippen LogP contribution in [-0.2, 0) is 0 Å². The van der Waals surface area contributed by atoms with E-state index in [9.17, 15) is 18.0 Å². The fourth-order valence-electron chi connectivity index (χ4n) is 5.01. The minimum atomic E-state index is -4.32. The molecule has 0 aliphatic carbocycles. The van der Waals surface area contributed by atoms with Gasteiger partial charge in [-0.1, -0.05) is 0 Å². The van der Waals surface area contributed by atoms with Crippen LogP contribution >= 0.6 is 0 Å². The van der Waals surface area contributed by atoms with Crippen molar-refractivity contribution in [3.8, 4) is 0 Å². The number of halogens is 3. The molecule has 2 atom stereocenters. The largest absolute Gasteiger partial charge is 0.438 e. The Hall–Kier alpha value is -2.79. The number of alkyl halides is 3. The van der Waals surface area contributed by atoms with Crippen LogP contribution in [0.5, 0.6) is 0 Å². The number of piperidine rings is 2. The van der Waals surface area contributed by atoms with E-state index in [1.54, 1.807) is 24.9 Å². The number of allylic oxidation sites excluding steroid dienone is 2. The van der Waals surface area contributed by atoms with E-state index < -0.39 is 24.0 Å². The third-order valence-corrected chi connectivity index (χ3v) is 7.26. The summed E-state index contributed by atoms with van der Waals surface area (Å²) in [5, 5.41) is 2.76. The SMILES string of the molecule is CC(NC(=O)c1c(N)oc2cc(C3CCN(C)CC3)cnc12)=C(C)N1CC(N)CC(C(F)(F)F)C1. The summed E-state index contributed by atoms with van der Waals surface area (Å²) in [5.74, 6) is -1.71. The van der Waals surface area contributed by atoms with Crippen LogP contribution in [0.25, 0.3) is 11.1 Å². The predicted octanol–water partition coefficient (Wildman–Crippen LogP) is 3.41. The van der Waals surface area contributed by atoms with E-state index in [4.69, 9.17) is 15.9 Å². The van der Waals surface area contributed by atoms with E-state index in [0.717, 1.165) is 31.5 Å². The number of nitrogens with two attached hydrogens (primary N) is 2. The summed E-state index contributed by atoms with van der Waals surface area (Å²) in [6.45, 7) is 5.41. The standard InChI is InChI=1S/C24H33F3N6O2/c1-13(14(2)33-11-17(24(25,26)27)9-18(28)12-33)31-23(34)20-21-19(35-22(20)29)8-16(10-30-21)15-4-6-32(3)7-5-15/h8,10,15,17-18H,4-7,9,11-12,28-29H2,1-3H3,(H,31,34). The highest BCUT2D eigenvalue weighted by Crippen LogP contribution is 2.35. The second-order valence-electron chi connectivity index (χ2n) is 9.84. The lowest BCUT2D eigenvalue weighted by molar-refractivity contribution is -0.186. The summed E-state index contributed by atoms with van der Waals surface area (Å²) in [5.41, 5.74) is 14.8. The maximum atomic E-state index is 13.3. The lowest BCUT2D eigenvalue weighted by Crippen LogP contribution is -2.50. The van der Waals surface area contributed by atoms with Crippen molar-refractivity contribution >= 4 is 22.9 Å². The maximum absolute atomic E-state index is 13.3. The molecule has 192 valence electrons. The molecule has 2 aromatic rings. The number of carbonyl (C=O) groups excluding carboxylic acids is 1. The number of rotatable bonds is 4. The first-order valence-corrected chi connectivity index (χ1v) is 11.9. The molecule has 2 aromatic heterocycles. The number of nitrogens with one attached hydrogen (secondary N) is 1. The molecule has 4 heterocycles. The summed E-state index contributed by atoms with van der Waals surface area (Å²) < 4.78 is 45.6. The van der Waals surface area contributed by atoms with Crippen LogP contribution in [-0.4, -0.2) is 66.1 Å². The number of anilines is 1. The van der Waals surface area contributed by atoms with Crippen LogP contribution in [0.4, 0.5) is 19.1 Å². The molecule has 2 aliphatic heterocycles. The van der Waals surface area contributed by atoms with Crippen LogP contribution in [0.2, 0.25) is 0 Å². The van der Waals surface area contributed by atoms with Crippen molar-refractivity contribution in [1.82, 2.24) is 20.1 Å². The molecule has 0 saturated carbocycles. The minimum absolute atomic E-state index is 0.0480. The van der Waals surface area contributed by atoms with Crippen molar-refractivity contribution in [1.29, 1.82) is 0 Å². The van der Waals surface area contributed by atoms with Crippen molar-refractivity contribution in [3.63, 3.8) is 0 Å². The molecule has 2 fully saturated rings. The first-order valence-electron chi connectivity index (χ1n) is 11.9. The molecule has 0 bridgehead atoms. The van der Waals surface area contributed by atoms with Crippen molar-refractivity contribution in [3.05, 3.63) is 34.8 Å². The minimum Gasteiger partial charge on any atom is -0.438 e. The number of nitrogens with zero attached hydrogens (tertiary/aromatic N) is 3. The molecule has 35 heavy (non-hydrogen) atoms. The summed E-state index contributed by atoms with van der Waals surface area (Å²) in [7, 11) is 2.10. The second-order valence-corrected chi connectivity index (χ2v) is 9.84. The molecule has 0 aromatic carbocycles. The van der Waals surface area contributed by atoms with Gasteiger partial charge in [0, 0.05) is 36.7 Å². The summed E-state index contributed by atoms with van der Waals surface area (Å²) in [6, 6.07) is 1.29. The number of hydrogen-bond acceptors (Lipinski definition) is 7. The van der Waals surface area contributed by atoms with Crippen LogP contribution in [0.15, 0.2) is 28.1 Å². The zero-order valence-corrected chi connectivity index (χ0v) is 20.3. The average molecular weight is 495 g/mol. The fraction of sp³-hybridized carbons (Fsp3) is 0.583. The number of amides is 1. The summed E-state index contributed by atoms with van der Waals surface area (Å²) in [4.78, 5) is 21.4. The topological polar surface area (TPSA) is 114 Å². The average Bonchev–Trinajstić information content (AvgIpc) is 3.12. The van der Waals surface area contributed by atoms with Gasteiger partial charge in [-0.25, -0.2) is 0 Å². The second kappa shape index (κ2) is 9.69. The Kier molecular flexibility index (Phi) is 7.01. The maximum Gasteiger partial charge on any atom is 0.393 e.